The summed E-state index contributed by atoms with van der Waals surface area (Å²) in [5, 5.41) is 0. The average Bonchev–Trinajstić information content (AvgIpc) is 2.56. The summed E-state index contributed by atoms with van der Waals surface area (Å²) in [5.74, 6) is 0. The van der Waals surface area contributed by atoms with Crippen molar-refractivity contribution < 1.29 is 0 Å². The van der Waals surface area contributed by atoms with Gasteiger partial charge in [0.05, 0.1) is 0 Å². The predicted molar refractivity (Wildman–Crippen MR) is 159 cm³/mol. The molecular formula is C35H56. The first-order valence-electron chi connectivity index (χ1n) is 13.7. The van der Waals surface area contributed by atoms with Gasteiger partial charge in [0.25, 0.3) is 0 Å². The molecule has 0 aromatic heterocycles. The van der Waals surface area contributed by atoms with Crippen LogP contribution in [0.25, 0.3) is 0 Å². The lowest BCUT2D eigenvalue weighted by Crippen LogP contribution is -2.31. The molecule has 0 N–H and O–H groups in total. The van der Waals surface area contributed by atoms with Crippen LogP contribution in [-0.2, 0) is 27.1 Å². The maximum atomic E-state index is 2.51. The van der Waals surface area contributed by atoms with E-state index < -0.39 is 0 Å². The third kappa shape index (κ3) is 5.42. The fraction of sp³-hybridized carbons (Fsp3) is 0.657. The van der Waals surface area contributed by atoms with Gasteiger partial charge in [0, 0.05) is 5.41 Å². The second-order valence-corrected chi connectivity index (χ2v) is 15.8. The van der Waals surface area contributed by atoms with Crippen molar-refractivity contribution in [2.75, 3.05) is 0 Å². The fourth-order valence-electron chi connectivity index (χ4n) is 6.94. The first-order valence-corrected chi connectivity index (χ1v) is 13.7. The van der Waals surface area contributed by atoms with Gasteiger partial charge in [-0.1, -0.05) is 109 Å². The molecule has 0 radical (unpaired) electrons. The van der Waals surface area contributed by atoms with Gasteiger partial charge in [0.1, 0.15) is 0 Å². The van der Waals surface area contributed by atoms with Gasteiger partial charge in [-0.05, 0) is 105 Å². The van der Waals surface area contributed by atoms with Gasteiger partial charge in [-0.3, -0.25) is 0 Å². The predicted octanol–water partition coefficient (Wildman–Crippen LogP) is 10.4. The standard InChI is InChI=1S/C35H56/c1-21-25(31(5,6)7)19-26(32(8,9)10)22(2)29(21)35(17,18)30-23(3)27(33(11,12)13)20-28(24(30)4)34(14,15)16/h19-20H,1-18H3. The largest absolute Gasteiger partial charge is 0.0561 e. The van der Waals surface area contributed by atoms with Gasteiger partial charge in [-0.25, -0.2) is 0 Å². The maximum Gasteiger partial charge on any atom is 0.0157 e. The Hall–Kier alpha value is -1.56. The fourth-order valence-corrected chi connectivity index (χ4v) is 6.94. The van der Waals surface area contributed by atoms with Crippen molar-refractivity contribution in [3.63, 3.8) is 0 Å². The summed E-state index contributed by atoms with van der Waals surface area (Å²) in [5.41, 5.74) is 15.1. The third-order valence-corrected chi connectivity index (χ3v) is 8.18. The Labute approximate surface area is 219 Å². The van der Waals surface area contributed by atoms with E-state index >= 15 is 0 Å². The normalized spacial score (nSPS) is 14.0. The van der Waals surface area contributed by atoms with Gasteiger partial charge in [-0.2, -0.15) is 0 Å². The smallest absolute Gasteiger partial charge is 0.0157 e. The van der Waals surface area contributed by atoms with E-state index in [1.807, 2.05) is 0 Å². The molecule has 0 fully saturated rings. The van der Waals surface area contributed by atoms with Gasteiger partial charge >= 0.3 is 0 Å². The summed E-state index contributed by atoms with van der Waals surface area (Å²) in [6.45, 7) is 42.8. The topological polar surface area (TPSA) is 0 Å². The highest BCUT2D eigenvalue weighted by Crippen LogP contribution is 2.48. The van der Waals surface area contributed by atoms with E-state index in [1.54, 1.807) is 0 Å². The average molecular weight is 477 g/mol. The molecule has 0 aliphatic carbocycles. The Kier molecular flexibility index (Phi) is 7.44. The van der Waals surface area contributed by atoms with Crippen LogP contribution in [0.15, 0.2) is 12.1 Å². The molecule has 196 valence electrons. The maximum absolute atomic E-state index is 2.51. The molecule has 0 nitrogen and oxygen atoms in total. The van der Waals surface area contributed by atoms with Gasteiger partial charge in [0.15, 0.2) is 0 Å². The monoisotopic (exact) mass is 476 g/mol. The van der Waals surface area contributed by atoms with Gasteiger partial charge in [-0.15, -0.1) is 0 Å². The Morgan fingerprint density at radius 3 is 0.657 bits per heavy atom. The van der Waals surface area contributed by atoms with Crippen molar-refractivity contribution in [2.45, 2.75) is 152 Å². The number of hydrogen-bond acceptors (Lipinski definition) is 0. The Balaban J connectivity index is 3.18. The first-order chi connectivity index (χ1) is 15.3. The molecular weight excluding hydrogens is 420 g/mol. The zero-order valence-electron chi connectivity index (χ0n) is 26.7. The van der Waals surface area contributed by atoms with E-state index in [4.69, 9.17) is 0 Å². The number of hydrogen-bond donors (Lipinski definition) is 0. The lowest BCUT2D eigenvalue weighted by molar-refractivity contribution is 0.536. The SMILES string of the molecule is Cc1c(C(C)(C)C)cc(C(C)(C)C)c(C)c1C(C)(C)c1c(C)c(C(C)(C)C)cc(C(C)(C)C)c1C. The zero-order chi connectivity index (χ0) is 27.7. The van der Waals surface area contributed by atoms with E-state index in [9.17, 15) is 0 Å². The molecule has 35 heavy (non-hydrogen) atoms. The highest BCUT2D eigenvalue weighted by atomic mass is 14.4. The lowest BCUT2D eigenvalue weighted by Gasteiger charge is -2.40. The van der Waals surface area contributed by atoms with Crippen LogP contribution in [0.4, 0.5) is 0 Å². The molecule has 0 aliphatic rings. The molecule has 2 aromatic rings. The Morgan fingerprint density at radius 1 is 0.343 bits per heavy atom. The highest BCUT2D eigenvalue weighted by Gasteiger charge is 2.37. The summed E-state index contributed by atoms with van der Waals surface area (Å²) >= 11 is 0. The zero-order valence-corrected chi connectivity index (χ0v) is 26.7. The van der Waals surface area contributed by atoms with Crippen LogP contribution in [0.1, 0.15) is 153 Å². The Morgan fingerprint density at radius 2 is 0.514 bits per heavy atom. The summed E-state index contributed by atoms with van der Waals surface area (Å²) in [4.78, 5) is 0. The summed E-state index contributed by atoms with van der Waals surface area (Å²) in [6.07, 6.45) is 0. The van der Waals surface area contributed by atoms with E-state index in [0.717, 1.165) is 0 Å². The van der Waals surface area contributed by atoms with E-state index in [0.29, 0.717) is 0 Å². The van der Waals surface area contributed by atoms with Crippen molar-refractivity contribution in [3.05, 3.63) is 67.8 Å². The minimum Gasteiger partial charge on any atom is -0.0561 e. The van der Waals surface area contributed by atoms with E-state index in [2.05, 4.69) is 137 Å². The molecule has 0 unspecified atom stereocenters. The van der Waals surface area contributed by atoms with E-state index in [1.165, 1.54) is 55.6 Å². The van der Waals surface area contributed by atoms with Crippen LogP contribution in [0.2, 0.25) is 0 Å². The second-order valence-electron chi connectivity index (χ2n) is 15.8. The molecule has 0 amide bonds. The third-order valence-electron chi connectivity index (χ3n) is 8.18. The first kappa shape index (κ1) is 29.7. The van der Waals surface area contributed by atoms with Crippen molar-refractivity contribution >= 4 is 0 Å². The molecule has 0 saturated carbocycles. The molecule has 0 spiro atoms. The van der Waals surface area contributed by atoms with Crippen molar-refractivity contribution in [3.8, 4) is 0 Å². The summed E-state index contributed by atoms with van der Waals surface area (Å²) < 4.78 is 0. The molecule has 0 heteroatoms. The number of rotatable bonds is 2. The van der Waals surface area contributed by atoms with Gasteiger partial charge in [0.2, 0.25) is 0 Å². The highest BCUT2D eigenvalue weighted by molar-refractivity contribution is 5.61. The summed E-state index contributed by atoms with van der Waals surface area (Å²) in [6, 6.07) is 5.02. The van der Waals surface area contributed by atoms with Crippen LogP contribution < -0.4 is 0 Å². The molecule has 0 saturated heterocycles. The lowest BCUT2D eigenvalue weighted by atomic mass is 9.63. The van der Waals surface area contributed by atoms with Crippen molar-refractivity contribution in [2.24, 2.45) is 0 Å². The van der Waals surface area contributed by atoms with Crippen molar-refractivity contribution in [1.29, 1.82) is 0 Å². The van der Waals surface area contributed by atoms with Crippen LogP contribution in [0.3, 0.4) is 0 Å². The minimum atomic E-state index is -0.120. The minimum absolute atomic E-state index is 0.0938. The van der Waals surface area contributed by atoms with Crippen LogP contribution >= 0.6 is 0 Å². The molecule has 0 bridgehead atoms. The molecule has 0 aliphatic heterocycles. The Bertz CT molecular complexity index is 942. The van der Waals surface area contributed by atoms with Crippen molar-refractivity contribution in [1.82, 2.24) is 0 Å². The van der Waals surface area contributed by atoms with Crippen LogP contribution in [-0.4, -0.2) is 0 Å². The molecule has 0 heterocycles. The van der Waals surface area contributed by atoms with E-state index in [-0.39, 0.29) is 27.1 Å². The molecule has 2 aromatic carbocycles. The van der Waals surface area contributed by atoms with Crippen LogP contribution in [0, 0.1) is 27.7 Å². The quantitative estimate of drug-likeness (QED) is 0.404. The second kappa shape index (κ2) is 8.78. The van der Waals surface area contributed by atoms with Gasteiger partial charge < -0.3 is 0 Å². The molecule has 2 rings (SSSR count). The number of benzene rings is 2. The molecule has 0 atom stereocenters. The summed E-state index contributed by atoms with van der Waals surface area (Å²) in [7, 11) is 0. The van der Waals surface area contributed by atoms with Crippen LogP contribution in [0.5, 0.6) is 0 Å².